The zero-order chi connectivity index (χ0) is 23.4. The Hall–Kier alpha value is -3.61. The smallest absolute Gasteiger partial charge is 0.338 e. The molecule has 0 saturated carbocycles. The topological polar surface area (TPSA) is 87.9 Å². The molecular formula is C25H27NO6. The molecule has 168 valence electrons. The van der Waals surface area contributed by atoms with Crippen LogP contribution in [0.15, 0.2) is 34.9 Å². The van der Waals surface area contributed by atoms with E-state index in [9.17, 15) is 9.59 Å². The molecule has 0 saturated heterocycles. The summed E-state index contributed by atoms with van der Waals surface area (Å²) in [5, 5.41) is 3.90. The van der Waals surface area contributed by atoms with E-state index in [1.165, 1.54) is 13.2 Å². The number of hydrogen-bond acceptors (Lipinski definition) is 7. The van der Waals surface area contributed by atoms with Crippen molar-refractivity contribution in [3.63, 3.8) is 0 Å². The molecule has 0 atom stereocenters. The molecule has 0 spiro atoms. The summed E-state index contributed by atoms with van der Waals surface area (Å²) in [4.78, 5) is 25.1. The molecule has 0 aliphatic rings. The second-order valence-corrected chi connectivity index (χ2v) is 7.71. The van der Waals surface area contributed by atoms with Crippen molar-refractivity contribution in [3.05, 3.63) is 75.2 Å². The zero-order valence-electron chi connectivity index (χ0n) is 19.2. The van der Waals surface area contributed by atoms with E-state index in [1.807, 2.05) is 46.8 Å². The van der Waals surface area contributed by atoms with Crippen LogP contribution >= 0.6 is 0 Å². The van der Waals surface area contributed by atoms with Gasteiger partial charge in [-0.3, -0.25) is 4.79 Å². The number of methoxy groups -OCH3 is 1. The first-order chi connectivity index (χ1) is 15.2. The lowest BCUT2D eigenvalue weighted by Gasteiger charge is -2.12. The molecule has 1 aromatic heterocycles. The largest absolute Gasteiger partial charge is 0.493 e. The van der Waals surface area contributed by atoms with Crippen LogP contribution in [0.1, 0.15) is 54.4 Å². The molecule has 3 rings (SSSR count). The van der Waals surface area contributed by atoms with Gasteiger partial charge in [0.2, 0.25) is 5.78 Å². The van der Waals surface area contributed by atoms with Gasteiger partial charge in [0.15, 0.2) is 18.1 Å². The van der Waals surface area contributed by atoms with E-state index in [1.54, 1.807) is 12.1 Å². The second-order valence-electron chi connectivity index (χ2n) is 7.71. The van der Waals surface area contributed by atoms with Gasteiger partial charge in [0, 0.05) is 5.56 Å². The molecule has 3 aromatic rings. The fraction of sp³-hybridized carbons (Fsp3) is 0.320. The summed E-state index contributed by atoms with van der Waals surface area (Å²) in [5.74, 6) is 0.666. The number of esters is 1. The van der Waals surface area contributed by atoms with E-state index in [0.717, 1.165) is 27.9 Å². The second kappa shape index (κ2) is 9.68. The highest BCUT2D eigenvalue weighted by atomic mass is 16.5. The van der Waals surface area contributed by atoms with Crippen molar-refractivity contribution in [2.45, 2.75) is 41.2 Å². The number of benzene rings is 2. The lowest BCUT2D eigenvalue weighted by Crippen LogP contribution is -2.15. The van der Waals surface area contributed by atoms with Gasteiger partial charge in [-0.25, -0.2) is 4.79 Å². The van der Waals surface area contributed by atoms with Gasteiger partial charge < -0.3 is 18.7 Å². The number of ether oxygens (including phenoxy) is 3. The first-order valence-corrected chi connectivity index (χ1v) is 10.2. The minimum Gasteiger partial charge on any atom is -0.493 e. The van der Waals surface area contributed by atoms with Crippen molar-refractivity contribution in [1.29, 1.82) is 0 Å². The Morgan fingerprint density at radius 3 is 2.31 bits per heavy atom. The Morgan fingerprint density at radius 1 is 0.938 bits per heavy atom. The molecule has 0 aliphatic carbocycles. The van der Waals surface area contributed by atoms with Crippen LogP contribution in [0.4, 0.5) is 0 Å². The van der Waals surface area contributed by atoms with Gasteiger partial charge in [0.05, 0.1) is 23.9 Å². The Labute approximate surface area is 187 Å². The Kier molecular flexibility index (Phi) is 6.98. The van der Waals surface area contributed by atoms with Crippen LogP contribution in [-0.2, 0) is 11.3 Å². The molecule has 0 amide bonds. The summed E-state index contributed by atoms with van der Waals surface area (Å²) < 4.78 is 21.6. The number of rotatable bonds is 8. The summed E-state index contributed by atoms with van der Waals surface area (Å²) in [6.45, 7) is 9.38. The number of nitrogens with zero attached hydrogens (tertiary/aromatic N) is 1. The van der Waals surface area contributed by atoms with E-state index >= 15 is 0 Å². The van der Waals surface area contributed by atoms with Crippen LogP contribution in [-0.4, -0.2) is 30.6 Å². The van der Waals surface area contributed by atoms with Gasteiger partial charge in [-0.2, -0.15) is 0 Å². The maximum absolute atomic E-state index is 12.6. The van der Waals surface area contributed by atoms with Crippen molar-refractivity contribution < 1.29 is 28.3 Å². The number of ketones is 1. The lowest BCUT2D eigenvalue weighted by atomic mass is 9.98. The van der Waals surface area contributed by atoms with Gasteiger partial charge in [0.25, 0.3) is 0 Å². The molecule has 0 N–H and O–H groups in total. The number of aromatic nitrogens is 1. The molecular weight excluding hydrogens is 410 g/mol. The summed E-state index contributed by atoms with van der Waals surface area (Å²) in [6.07, 6.45) is 0. The average molecular weight is 437 g/mol. The van der Waals surface area contributed by atoms with Gasteiger partial charge in [0.1, 0.15) is 12.4 Å². The molecule has 0 bridgehead atoms. The van der Waals surface area contributed by atoms with Crippen LogP contribution < -0.4 is 9.47 Å². The number of aryl methyl sites for hydroxylation is 5. The van der Waals surface area contributed by atoms with Crippen molar-refractivity contribution in [2.75, 3.05) is 13.7 Å². The SMILES string of the molecule is COc1cc(C(=O)OCC(=O)c2cc(C)c(C)cc2C)ccc1OCc1c(C)noc1C. The molecule has 0 fully saturated rings. The highest BCUT2D eigenvalue weighted by Crippen LogP contribution is 2.30. The Balaban J connectivity index is 1.67. The maximum atomic E-state index is 12.6. The fourth-order valence-electron chi connectivity index (χ4n) is 3.32. The monoisotopic (exact) mass is 437 g/mol. The highest BCUT2D eigenvalue weighted by Gasteiger charge is 2.17. The third-order valence-electron chi connectivity index (χ3n) is 5.43. The quantitative estimate of drug-likeness (QED) is 0.368. The van der Waals surface area contributed by atoms with Crippen LogP contribution in [0.3, 0.4) is 0 Å². The van der Waals surface area contributed by atoms with E-state index in [4.69, 9.17) is 18.7 Å². The Bertz CT molecular complexity index is 1140. The molecule has 7 heteroatoms. The molecule has 32 heavy (non-hydrogen) atoms. The number of hydrogen-bond donors (Lipinski definition) is 0. The van der Waals surface area contributed by atoms with Gasteiger partial charge >= 0.3 is 5.97 Å². The zero-order valence-corrected chi connectivity index (χ0v) is 19.2. The third kappa shape index (κ3) is 4.99. The van der Waals surface area contributed by atoms with Crippen LogP contribution in [0.25, 0.3) is 0 Å². The molecule has 0 aliphatic heterocycles. The predicted octanol–water partition coefficient (Wildman–Crippen LogP) is 4.84. The lowest BCUT2D eigenvalue weighted by molar-refractivity contribution is 0.0474. The van der Waals surface area contributed by atoms with Crippen LogP contribution in [0.2, 0.25) is 0 Å². The van der Waals surface area contributed by atoms with E-state index in [-0.39, 0.29) is 24.6 Å². The number of carbonyl (C=O) groups excluding carboxylic acids is 2. The normalized spacial score (nSPS) is 10.7. The van der Waals surface area contributed by atoms with Crippen molar-refractivity contribution in [1.82, 2.24) is 5.16 Å². The first kappa shape index (κ1) is 23.1. The summed E-state index contributed by atoms with van der Waals surface area (Å²) in [6, 6.07) is 8.50. The van der Waals surface area contributed by atoms with Gasteiger partial charge in [-0.05, 0) is 75.6 Å². The predicted molar refractivity (Wildman–Crippen MR) is 119 cm³/mol. The fourth-order valence-corrected chi connectivity index (χ4v) is 3.32. The summed E-state index contributed by atoms with van der Waals surface area (Å²) in [7, 11) is 1.49. The maximum Gasteiger partial charge on any atom is 0.338 e. The van der Waals surface area contributed by atoms with Crippen molar-refractivity contribution >= 4 is 11.8 Å². The third-order valence-corrected chi connectivity index (χ3v) is 5.43. The number of Topliss-reactive ketones (excluding diaryl/α,β-unsaturated/α-hetero) is 1. The molecule has 1 heterocycles. The standard InChI is InChI=1S/C25H27NO6/c1-14-9-16(3)20(10-15(14)2)22(27)13-31-25(28)19-7-8-23(24(11-19)29-6)30-12-21-17(4)26-32-18(21)5/h7-11H,12-13H2,1-6H3. The van der Waals surface area contributed by atoms with E-state index in [0.29, 0.717) is 22.8 Å². The molecule has 7 nitrogen and oxygen atoms in total. The summed E-state index contributed by atoms with van der Waals surface area (Å²) >= 11 is 0. The highest BCUT2D eigenvalue weighted by molar-refractivity contribution is 6.00. The minimum absolute atomic E-state index is 0.245. The van der Waals surface area contributed by atoms with Crippen molar-refractivity contribution in [2.24, 2.45) is 0 Å². The molecule has 0 unspecified atom stereocenters. The van der Waals surface area contributed by atoms with E-state index in [2.05, 4.69) is 5.16 Å². The minimum atomic E-state index is -0.615. The Morgan fingerprint density at radius 2 is 1.66 bits per heavy atom. The van der Waals surface area contributed by atoms with Crippen molar-refractivity contribution in [3.8, 4) is 11.5 Å². The van der Waals surface area contributed by atoms with Crippen LogP contribution in [0, 0.1) is 34.6 Å². The molecule has 2 aromatic carbocycles. The number of carbonyl (C=O) groups is 2. The van der Waals surface area contributed by atoms with Gasteiger partial charge in [-0.15, -0.1) is 0 Å². The van der Waals surface area contributed by atoms with E-state index < -0.39 is 5.97 Å². The van der Waals surface area contributed by atoms with Gasteiger partial charge in [-0.1, -0.05) is 11.2 Å². The molecule has 0 radical (unpaired) electrons. The first-order valence-electron chi connectivity index (χ1n) is 10.2. The summed E-state index contributed by atoms with van der Waals surface area (Å²) in [5.41, 5.74) is 5.41. The average Bonchev–Trinajstić information content (AvgIpc) is 3.09. The van der Waals surface area contributed by atoms with Crippen LogP contribution in [0.5, 0.6) is 11.5 Å².